The summed E-state index contributed by atoms with van der Waals surface area (Å²) < 4.78 is 5.83. The van der Waals surface area contributed by atoms with Gasteiger partial charge in [-0.15, -0.1) is 0 Å². The molecule has 0 N–H and O–H groups in total. The van der Waals surface area contributed by atoms with Gasteiger partial charge in [-0.1, -0.05) is 48.0 Å². The van der Waals surface area contributed by atoms with Gasteiger partial charge in [0.2, 0.25) is 11.8 Å². The maximum absolute atomic E-state index is 12.7. The van der Waals surface area contributed by atoms with Crippen molar-refractivity contribution in [2.24, 2.45) is 5.92 Å². The smallest absolute Gasteiger partial charge is 0.223 e. The van der Waals surface area contributed by atoms with Crippen molar-refractivity contribution in [3.05, 3.63) is 65.7 Å². The van der Waals surface area contributed by atoms with Gasteiger partial charge in [0.1, 0.15) is 12.4 Å². The van der Waals surface area contributed by atoms with E-state index in [0.29, 0.717) is 25.4 Å². The summed E-state index contributed by atoms with van der Waals surface area (Å²) in [4.78, 5) is 31.6. The number of nitrogens with zero attached hydrogens (tertiary/aromatic N) is 3. The summed E-state index contributed by atoms with van der Waals surface area (Å²) in [5.74, 6) is 1.77. The van der Waals surface area contributed by atoms with Crippen LogP contribution in [0, 0.1) is 12.8 Å². The molecule has 0 bridgehead atoms. The number of hydrogen-bond acceptors (Lipinski definition) is 4. The average molecular weight is 478 g/mol. The zero-order valence-electron chi connectivity index (χ0n) is 21.0. The summed E-state index contributed by atoms with van der Waals surface area (Å²) in [7, 11) is 0. The molecule has 2 aromatic rings. The third kappa shape index (κ3) is 7.82. The van der Waals surface area contributed by atoms with Crippen LogP contribution in [0.4, 0.5) is 0 Å². The van der Waals surface area contributed by atoms with Crippen molar-refractivity contribution < 1.29 is 14.3 Å². The summed E-state index contributed by atoms with van der Waals surface area (Å²) in [6.07, 6.45) is 3.83. The molecule has 6 heteroatoms. The monoisotopic (exact) mass is 477 g/mol. The highest BCUT2D eigenvalue weighted by molar-refractivity contribution is 5.84. The lowest BCUT2D eigenvalue weighted by Gasteiger charge is -2.35. The third-order valence-corrected chi connectivity index (χ3v) is 7.31. The van der Waals surface area contributed by atoms with Crippen LogP contribution in [0.5, 0.6) is 5.75 Å². The Hall–Kier alpha value is -2.86. The first kappa shape index (κ1) is 25.2. The van der Waals surface area contributed by atoms with E-state index >= 15 is 0 Å². The molecular formula is C29H39N3O3. The van der Waals surface area contributed by atoms with Gasteiger partial charge in [0.05, 0.1) is 0 Å². The fourth-order valence-electron chi connectivity index (χ4n) is 5.01. The molecule has 0 radical (unpaired) electrons. The van der Waals surface area contributed by atoms with Crippen molar-refractivity contribution in [3.8, 4) is 5.75 Å². The van der Waals surface area contributed by atoms with Crippen LogP contribution < -0.4 is 4.74 Å². The van der Waals surface area contributed by atoms with E-state index in [1.54, 1.807) is 0 Å². The molecule has 2 amide bonds. The summed E-state index contributed by atoms with van der Waals surface area (Å²) in [5, 5.41) is 0. The fraction of sp³-hybridized carbons (Fsp3) is 0.517. The molecule has 2 aliphatic heterocycles. The first-order valence-corrected chi connectivity index (χ1v) is 13.1. The predicted octanol–water partition coefficient (Wildman–Crippen LogP) is 3.78. The first-order chi connectivity index (χ1) is 17.1. The van der Waals surface area contributed by atoms with Crippen molar-refractivity contribution in [3.63, 3.8) is 0 Å². The molecule has 188 valence electrons. The number of hydrogen-bond donors (Lipinski definition) is 0. The SMILES string of the molecule is Cc1ccc(OCCN2CCN(C(=O)CCC(=O)N3CCC(Cc4ccccc4)CC3)CC2)cc1. The van der Waals surface area contributed by atoms with Crippen molar-refractivity contribution in [1.82, 2.24) is 14.7 Å². The molecule has 0 unspecified atom stereocenters. The molecular weight excluding hydrogens is 438 g/mol. The van der Waals surface area contributed by atoms with Crippen LogP contribution in [-0.2, 0) is 16.0 Å². The van der Waals surface area contributed by atoms with Gasteiger partial charge in [0.25, 0.3) is 0 Å². The minimum atomic E-state index is 0.105. The molecule has 0 spiro atoms. The highest BCUT2D eigenvalue weighted by Crippen LogP contribution is 2.22. The van der Waals surface area contributed by atoms with Crippen molar-refractivity contribution in [1.29, 1.82) is 0 Å². The number of carbonyl (C=O) groups is 2. The van der Waals surface area contributed by atoms with Crippen LogP contribution in [0.15, 0.2) is 54.6 Å². The van der Waals surface area contributed by atoms with Gasteiger partial charge in [0.15, 0.2) is 0 Å². The summed E-state index contributed by atoms with van der Waals surface area (Å²) in [6, 6.07) is 18.7. The second kappa shape index (κ2) is 12.7. The maximum atomic E-state index is 12.7. The Balaban J connectivity index is 1.08. The molecule has 0 saturated carbocycles. The third-order valence-electron chi connectivity index (χ3n) is 7.31. The van der Waals surface area contributed by atoms with Crippen molar-refractivity contribution in [2.75, 3.05) is 52.4 Å². The minimum Gasteiger partial charge on any atom is -0.492 e. The molecule has 0 aromatic heterocycles. The normalized spacial score (nSPS) is 17.4. The second-order valence-electron chi connectivity index (χ2n) is 9.90. The first-order valence-electron chi connectivity index (χ1n) is 13.1. The van der Waals surface area contributed by atoms with Gasteiger partial charge >= 0.3 is 0 Å². The zero-order chi connectivity index (χ0) is 24.5. The molecule has 2 fully saturated rings. The summed E-state index contributed by atoms with van der Waals surface area (Å²) in [6.45, 7) is 8.35. The number of aryl methyl sites for hydroxylation is 1. The topological polar surface area (TPSA) is 53.1 Å². The van der Waals surface area contributed by atoms with E-state index in [-0.39, 0.29) is 11.8 Å². The number of ether oxygens (including phenoxy) is 1. The van der Waals surface area contributed by atoms with Gasteiger partial charge in [-0.2, -0.15) is 0 Å². The Morgan fingerprint density at radius 1 is 0.800 bits per heavy atom. The highest BCUT2D eigenvalue weighted by atomic mass is 16.5. The van der Waals surface area contributed by atoms with E-state index in [1.807, 2.05) is 21.9 Å². The van der Waals surface area contributed by atoms with E-state index in [2.05, 4.69) is 54.3 Å². The Kier molecular flexibility index (Phi) is 9.18. The Bertz CT molecular complexity index is 931. The largest absolute Gasteiger partial charge is 0.492 e. The van der Waals surface area contributed by atoms with Gasteiger partial charge in [-0.05, 0) is 49.8 Å². The van der Waals surface area contributed by atoms with Crippen LogP contribution in [0.2, 0.25) is 0 Å². The van der Waals surface area contributed by atoms with Crippen LogP contribution in [0.1, 0.15) is 36.8 Å². The Morgan fingerprint density at radius 3 is 2.03 bits per heavy atom. The average Bonchev–Trinajstić information content (AvgIpc) is 2.90. The molecule has 2 heterocycles. The van der Waals surface area contributed by atoms with Gasteiger partial charge < -0.3 is 14.5 Å². The Labute approximate surface area is 209 Å². The molecule has 2 aliphatic rings. The van der Waals surface area contributed by atoms with Gasteiger partial charge in [-0.25, -0.2) is 0 Å². The number of rotatable bonds is 9. The standard InChI is InChI=1S/C29H39N3O3/c1-24-7-9-27(10-8-24)35-22-21-30-17-19-32(20-18-30)29(34)12-11-28(33)31-15-13-26(14-16-31)23-25-5-3-2-4-6-25/h2-10,26H,11-23H2,1H3. The molecule has 2 aromatic carbocycles. The van der Waals surface area contributed by atoms with E-state index in [1.165, 1.54) is 11.1 Å². The number of piperidine rings is 1. The maximum Gasteiger partial charge on any atom is 0.223 e. The molecule has 6 nitrogen and oxygen atoms in total. The zero-order valence-corrected chi connectivity index (χ0v) is 21.0. The molecule has 0 aliphatic carbocycles. The van der Waals surface area contributed by atoms with E-state index in [9.17, 15) is 9.59 Å². The van der Waals surface area contributed by atoms with Gasteiger partial charge in [-0.3, -0.25) is 14.5 Å². The number of piperazine rings is 1. The van der Waals surface area contributed by atoms with E-state index in [0.717, 1.165) is 70.8 Å². The predicted molar refractivity (Wildman–Crippen MR) is 138 cm³/mol. The number of benzene rings is 2. The summed E-state index contributed by atoms with van der Waals surface area (Å²) in [5.41, 5.74) is 2.60. The summed E-state index contributed by atoms with van der Waals surface area (Å²) >= 11 is 0. The van der Waals surface area contributed by atoms with Crippen LogP contribution in [0.3, 0.4) is 0 Å². The lowest BCUT2D eigenvalue weighted by molar-refractivity contribution is -0.138. The Morgan fingerprint density at radius 2 is 1.40 bits per heavy atom. The van der Waals surface area contributed by atoms with Crippen molar-refractivity contribution >= 4 is 11.8 Å². The van der Waals surface area contributed by atoms with Gasteiger partial charge in [0, 0.05) is 58.7 Å². The lowest BCUT2D eigenvalue weighted by Crippen LogP contribution is -2.49. The number of amides is 2. The van der Waals surface area contributed by atoms with Crippen LogP contribution in [-0.4, -0.2) is 78.9 Å². The van der Waals surface area contributed by atoms with Crippen LogP contribution >= 0.6 is 0 Å². The fourth-order valence-corrected chi connectivity index (χ4v) is 5.01. The van der Waals surface area contributed by atoms with Crippen LogP contribution in [0.25, 0.3) is 0 Å². The number of likely N-dealkylation sites (tertiary alicyclic amines) is 1. The molecule has 35 heavy (non-hydrogen) atoms. The molecule has 0 atom stereocenters. The second-order valence-corrected chi connectivity index (χ2v) is 9.90. The molecule has 2 saturated heterocycles. The minimum absolute atomic E-state index is 0.105. The quantitative estimate of drug-likeness (QED) is 0.552. The van der Waals surface area contributed by atoms with E-state index in [4.69, 9.17) is 4.74 Å². The number of carbonyl (C=O) groups excluding carboxylic acids is 2. The highest BCUT2D eigenvalue weighted by Gasteiger charge is 2.25. The molecule has 4 rings (SSSR count). The lowest BCUT2D eigenvalue weighted by atomic mass is 9.90. The van der Waals surface area contributed by atoms with Crippen molar-refractivity contribution in [2.45, 2.75) is 39.0 Å². The van der Waals surface area contributed by atoms with E-state index < -0.39 is 0 Å².